The molecule has 0 aromatic carbocycles. The fourth-order valence-electron chi connectivity index (χ4n) is 2.58. The summed E-state index contributed by atoms with van der Waals surface area (Å²) in [4.78, 5) is 31.2. The topological polar surface area (TPSA) is 62.3 Å². The van der Waals surface area contributed by atoms with Gasteiger partial charge in [0.05, 0.1) is 10.9 Å². The molecule has 1 aliphatic heterocycles. The maximum Gasteiger partial charge on any atom is 0.241 e. The van der Waals surface area contributed by atoms with E-state index in [2.05, 4.69) is 38.0 Å². The Bertz CT molecular complexity index is 589. The quantitative estimate of drug-likeness (QED) is 0.822. The van der Waals surface area contributed by atoms with Crippen LogP contribution in [0.4, 0.5) is 5.69 Å². The summed E-state index contributed by atoms with van der Waals surface area (Å²) >= 11 is 1.40. The lowest BCUT2D eigenvalue weighted by Gasteiger charge is -2.33. The van der Waals surface area contributed by atoms with Crippen LogP contribution in [0, 0.1) is 11.8 Å². The van der Waals surface area contributed by atoms with Crippen molar-refractivity contribution in [2.24, 2.45) is 11.8 Å². The predicted octanol–water partition coefficient (Wildman–Crippen LogP) is 3.10. The van der Waals surface area contributed by atoms with Crippen LogP contribution < -0.4 is 10.2 Å². The smallest absolute Gasteiger partial charge is 0.241 e. The van der Waals surface area contributed by atoms with Gasteiger partial charge in [0.15, 0.2) is 0 Å². The van der Waals surface area contributed by atoms with E-state index in [0.717, 1.165) is 17.1 Å². The van der Waals surface area contributed by atoms with E-state index >= 15 is 0 Å². The number of pyridine rings is 1. The van der Waals surface area contributed by atoms with Crippen molar-refractivity contribution in [3.8, 4) is 0 Å². The van der Waals surface area contributed by atoms with Gasteiger partial charge in [0, 0.05) is 25.7 Å². The van der Waals surface area contributed by atoms with Gasteiger partial charge in [-0.15, -0.1) is 0 Å². The van der Waals surface area contributed by atoms with E-state index in [9.17, 15) is 9.59 Å². The maximum absolute atomic E-state index is 12.8. The maximum atomic E-state index is 12.8. The molecule has 2 heterocycles. The van der Waals surface area contributed by atoms with Crippen molar-refractivity contribution in [1.29, 1.82) is 0 Å². The summed E-state index contributed by atoms with van der Waals surface area (Å²) in [6.45, 7) is 9.71. The normalized spacial score (nSPS) is 17.3. The molecule has 0 saturated heterocycles. The molecule has 24 heavy (non-hydrogen) atoms. The Kier molecular flexibility index (Phi) is 6.66. The lowest BCUT2D eigenvalue weighted by molar-refractivity contribution is -0.125. The first-order chi connectivity index (χ1) is 11.4. The number of hydrogen-bond donors (Lipinski definition) is 1. The van der Waals surface area contributed by atoms with E-state index in [1.807, 2.05) is 12.1 Å². The van der Waals surface area contributed by atoms with Crippen LogP contribution in [0.3, 0.4) is 0 Å². The number of amides is 2. The zero-order chi connectivity index (χ0) is 17.7. The fraction of sp³-hybridized carbons (Fsp3) is 0.611. The van der Waals surface area contributed by atoms with Gasteiger partial charge < -0.3 is 10.2 Å². The molecule has 1 aromatic rings. The first kappa shape index (κ1) is 18.8. The number of fused-ring (bicyclic) bond motifs is 1. The molecular weight excluding hydrogens is 322 g/mol. The van der Waals surface area contributed by atoms with Gasteiger partial charge in [-0.1, -0.05) is 39.5 Å². The van der Waals surface area contributed by atoms with E-state index < -0.39 is 5.25 Å². The molecule has 5 nitrogen and oxygen atoms in total. The number of carbonyl (C=O) groups is 2. The van der Waals surface area contributed by atoms with Crippen molar-refractivity contribution < 1.29 is 9.59 Å². The highest BCUT2D eigenvalue weighted by Gasteiger charge is 2.35. The number of carbonyl (C=O) groups excluding carboxylic acids is 2. The third-order valence-electron chi connectivity index (χ3n) is 3.80. The van der Waals surface area contributed by atoms with Gasteiger partial charge in [0.25, 0.3) is 0 Å². The van der Waals surface area contributed by atoms with Crippen LogP contribution in [0.25, 0.3) is 0 Å². The summed E-state index contributed by atoms with van der Waals surface area (Å²) in [5, 5.41) is 3.35. The Labute approximate surface area is 148 Å². The third kappa shape index (κ3) is 4.97. The van der Waals surface area contributed by atoms with Crippen LogP contribution in [-0.2, 0) is 9.59 Å². The van der Waals surface area contributed by atoms with Gasteiger partial charge in [-0.05, 0) is 30.4 Å². The molecule has 1 atom stereocenters. The van der Waals surface area contributed by atoms with Crippen molar-refractivity contribution >= 4 is 29.3 Å². The number of nitrogens with one attached hydrogen (secondary N) is 1. The molecule has 0 saturated carbocycles. The van der Waals surface area contributed by atoms with Crippen molar-refractivity contribution in [2.45, 2.75) is 50.8 Å². The first-order valence-corrected chi connectivity index (χ1v) is 9.46. The average Bonchev–Trinajstić information content (AvgIpc) is 2.50. The third-order valence-corrected chi connectivity index (χ3v) is 4.99. The van der Waals surface area contributed by atoms with E-state index in [1.165, 1.54) is 11.8 Å². The van der Waals surface area contributed by atoms with Crippen LogP contribution in [0.2, 0.25) is 0 Å². The molecular formula is C18H27N3O2S. The summed E-state index contributed by atoms with van der Waals surface area (Å²) in [5.74, 6) is 0.845. The molecule has 1 aliphatic rings. The summed E-state index contributed by atoms with van der Waals surface area (Å²) < 4.78 is 0. The Morgan fingerprint density at radius 1 is 1.33 bits per heavy atom. The lowest BCUT2D eigenvalue weighted by Crippen LogP contribution is -2.45. The van der Waals surface area contributed by atoms with Crippen LogP contribution in [0.15, 0.2) is 23.4 Å². The summed E-state index contributed by atoms with van der Waals surface area (Å²) in [5.41, 5.74) is 0.859. The van der Waals surface area contributed by atoms with Crippen molar-refractivity contribution in [3.05, 3.63) is 18.3 Å². The number of thioether (sulfide) groups is 1. The average molecular weight is 350 g/mol. The highest BCUT2D eigenvalue weighted by molar-refractivity contribution is 8.00. The molecule has 2 amide bonds. The second kappa shape index (κ2) is 8.51. The van der Waals surface area contributed by atoms with Gasteiger partial charge in [0.1, 0.15) is 5.03 Å². The number of hydrogen-bond acceptors (Lipinski definition) is 4. The first-order valence-electron chi connectivity index (χ1n) is 8.58. The van der Waals surface area contributed by atoms with E-state index in [-0.39, 0.29) is 18.2 Å². The number of aromatic nitrogens is 1. The minimum absolute atomic E-state index is 0.00760. The monoisotopic (exact) mass is 349 g/mol. The van der Waals surface area contributed by atoms with Gasteiger partial charge in [0.2, 0.25) is 11.8 Å². The van der Waals surface area contributed by atoms with Crippen LogP contribution in [0.5, 0.6) is 0 Å². The minimum Gasteiger partial charge on any atom is -0.356 e. The van der Waals surface area contributed by atoms with Gasteiger partial charge in [-0.2, -0.15) is 0 Å². The molecule has 0 spiro atoms. The Hall–Kier alpha value is -1.56. The summed E-state index contributed by atoms with van der Waals surface area (Å²) in [6.07, 6.45) is 2.88. The number of anilines is 1. The van der Waals surface area contributed by atoms with Crippen molar-refractivity contribution in [1.82, 2.24) is 10.3 Å². The van der Waals surface area contributed by atoms with Gasteiger partial charge in [-0.3, -0.25) is 9.59 Å². The van der Waals surface area contributed by atoms with E-state index in [4.69, 9.17) is 0 Å². The zero-order valence-corrected chi connectivity index (χ0v) is 15.7. The highest BCUT2D eigenvalue weighted by atomic mass is 32.2. The van der Waals surface area contributed by atoms with Crippen LogP contribution in [-0.4, -0.2) is 35.1 Å². The zero-order valence-electron chi connectivity index (χ0n) is 14.9. The van der Waals surface area contributed by atoms with Crippen LogP contribution >= 0.6 is 11.8 Å². The number of rotatable bonds is 7. The van der Waals surface area contributed by atoms with Gasteiger partial charge >= 0.3 is 0 Å². The minimum atomic E-state index is -0.398. The molecule has 1 aromatic heterocycles. The van der Waals surface area contributed by atoms with E-state index in [0.29, 0.717) is 24.9 Å². The predicted molar refractivity (Wildman–Crippen MR) is 98.2 cm³/mol. The molecule has 0 radical (unpaired) electrons. The molecule has 1 unspecified atom stereocenters. The molecule has 6 heteroatoms. The molecule has 0 bridgehead atoms. The standard InChI is InChI=1S/C18H27N3O2S/c1-12(2)7-9-19-16(22)10-15-18(23)21(11-13(3)4)14-6-5-8-20-17(14)24-15/h5-6,8,12-13,15H,7,9-11H2,1-4H3,(H,19,22). The Balaban J connectivity index is 2.06. The second-order valence-corrected chi connectivity index (χ2v) is 8.20. The number of nitrogens with zero attached hydrogens (tertiary/aromatic N) is 2. The summed E-state index contributed by atoms with van der Waals surface area (Å²) in [6, 6.07) is 3.77. The molecule has 0 fully saturated rings. The Morgan fingerprint density at radius 3 is 2.75 bits per heavy atom. The fourth-order valence-corrected chi connectivity index (χ4v) is 3.73. The SMILES string of the molecule is CC(C)CCNC(=O)CC1Sc2ncccc2N(CC(C)C)C1=O. The summed E-state index contributed by atoms with van der Waals surface area (Å²) in [7, 11) is 0. The van der Waals surface area contributed by atoms with Crippen molar-refractivity contribution in [3.63, 3.8) is 0 Å². The second-order valence-electron chi connectivity index (χ2n) is 7.01. The molecule has 1 N–H and O–H groups in total. The molecule has 0 aliphatic carbocycles. The van der Waals surface area contributed by atoms with E-state index in [1.54, 1.807) is 11.1 Å². The largest absolute Gasteiger partial charge is 0.356 e. The molecule has 132 valence electrons. The van der Waals surface area contributed by atoms with Crippen molar-refractivity contribution in [2.75, 3.05) is 18.0 Å². The lowest BCUT2D eigenvalue weighted by atomic mass is 10.1. The van der Waals surface area contributed by atoms with Crippen LogP contribution in [0.1, 0.15) is 40.5 Å². The Morgan fingerprint density at radius 2 is 2.08 bits per heavy atom. The molecule has 2 rings (SSSR count). The highest BCUT2D eigenvalue weighted by Crippen LogP contribution is 2.38. The van der Waals surface area contributed by atoms with Gasteiger partial charge in [-0.25, -0.2) is 4.98 Å².